The minimum atomic E-state index is -0.664. The molecule has 5 nitrogen and oxygen atoms in total. The highest BCUT2D eigenvalue weighted by atomic mass is 16.3. The van der Waals surface area contributed by atoms with Crippen molar-refractivity contribution in [2.24, 2.45) is 18.4 Å². The van der Waals surface area contributed by atoms with E-state index in [0.29, 0.717) is 24.4 Å². The zero-order valence-corrected chi connectivity index (χ0v) is 18.0. The average molecular weight is 386 g/mol. The summed E-state index contributed by atoms with van der Waals surface area (Å²) < 4.78 is 3.60. The summed E-state index contributed by atoms with van der Waals surface area (Å²) in [6.07, 6.45) is 3.77. The van der Waals surface area contributed by atoms with Crippen LogP contribution in [0.3, 0.4) is 0 Å². The summed E-state index contributed by atoms with van der Waals surface area (Å²) in [6.45, 7) is 9.84. The molecule has 1 saturated carbocycles. The van der Waals surface area contributed by atoms with Crippen LogP contribution in [0.4, 0.5) is 0 Å². The third kappa shape index (κ3) is 4.26. The van der Waals surface area contributed by atoms with Crippen LogP contribution in [0.2, 0.25) is 0 Å². The molecule has 0 unspecified atom stereocenters. The van der Waals surface area contributed by atoms with Crippen LogP contribution in [0.1, 0.15) is 57.7 Å². The standard InChI is InChI=1S/C23H35N3O2/c1-17-20(21(27)26(25(17)5)19-9-7-6-8-10-19)15-24-16-23(28)13-11-18(12-14-23)22(2,3)4/h6-10,18,24,28H,11-16H2,1-5H3. The molecule has 28 heavy (non-hydrogen) atoms. The maximum absolute atomic E-state index is 13.0. The van der Waals surface area contributed by atoms with Crippen molar-refractivity contribution in [3.63, 3.8) is 0 Å². The van der Waals surface area contributed by atoms with Gasteiger partial charge in [0.15, 0.2) is 0 Å². The minimum absolute atomic E-state index is 0.00197. The van der Waals surface area contributed by atoms with Crippen molar-refractivity contribution in [1.29, 1.82) is 0 Å². The topological polar surface area (TPSA) is 59.2 Å². The van der Waals surface area contributed by atoms with Gasteiger partial charge in [0.1, 0.15) is 0 Å². The fourth-order valence-corrected chi connectivity index (χ4v) is 4.45. The molecule has 0 aliphatic heterocycles. The molecule has 154 valence electrons. The fraction of sp³-hybridized carbons (Fsp3) is 0.609. The number of hydrogen-bond acceptors (Lipinski definition) is 3. The van der Waals surface area contributed by atoms with Crippen LogP contribution in [0.25, 0.3) is 5.69 Å². The average Bonchev–Trinajstić information content (AvgIpc) is 2.85. The molecule has 0 spiro atoms. The lowest BCUT2D eigenvalue weighted by molar-refractivity contribution is -0.0239. The predicted octanol–water partition coefficient (Wildman–Crippen LogP) is 3.54. The monoisotopic (exact) mass is 385 g/mol. The Hall–Kier alpha value is -1.85. The van der Waals surface area contributed by atoms with E-state index in [2.05, 4.69) is 26.1 Å². The van der Waals surface area contributed by atoms with Crippen LogP contribution < -0.4 is 10.9 Å². The predicted molar refractivity (Wildman–Crippen MR) is 114 cm³/mol. The van der Waals surface area contributed by atoms with E-state index in [-0.39, 0.29) is 5.56 Å². The first kappa shape index (κ1) is 20.9. The van der Waals surface area contributed by atoms with Gasteiger partial charge in [0.05, 0.1) is 16.9 Å². The van der Waals surface area contributed by atoms with Gasteiger partial charge in [-0.05, 0) is 56.1 Å². The molecule has 0 amide bonds. The second-order valence-electron chi connectivity index (χ2n) is 9.51. The van der Waals surface area contributed by atoms with E-state index in [0.717, 1.165) is 42.6 Å². The molecule has 1 aromatic carbocycles. The highest BCUT2D eigenvalue weighted by molar-refractivity contribution is 5.33. The van der Waals surface area contributed by atoms with Crippen LogP contribution in [-0.4, -0.2) is 26.6 Å². The summed E-state index contributed by atoms with van der Waals surface area (Å²) in [5.41, 5.74) is 2.22. The summed E-state index contributed by atoms with van der Waals surface area (Å²) in [4.78, 5) is 13.0. The zero-order chi connectivity index (χ0) is 20.5. The third-order valence-corrected chi connectivity index (χ3v) is 6.57. The van der Waals surface area contributed by atoms with Crippen molar-refractivity contribution in [3.05, 3.63) is 51.9 Å². The number of hydrogen-bond donors (Lipinski definition) is 2. The molecule has 0 radical (unpaired) electrons. The quantitative estimate of drug-likeness (QED) is 0.828. The van der Waals surface area contributed by atoms with Crippen molar-refractivity contribution in [3.8, 4) is 5.69 Å². The van der Waals surface area contributed by atoms with Crippen molar-refractivity contribution < 1.29 is 5.11 Å². The van der Waals surface area contributed by atoms with Gasteiger partial charge in [0.25, 0.3) is 5.56 Å². The van der Waals surface area contributed by atoms with Gasteiger partial charge in [-0.2, -0.15) is 0 Å². The molecule has 1 fully saturated rings. The SMILES string of the molecule is Cc1c(CNCC2(O)CCC(C(C)(C)C)CC2)c(=O)n(-c2ccccc2)n1C. The summed E-state index contributed by atoms with van der Waals surface area (Å²) >= 11 is 0. The van der Waals surface area contributed by atoms with Crippen LogP contribution in [0, 0.1) is 18.3 Å². The Balaban J connectivity index is 1.65. The molecular formula is C23H35N3O2. The first-order chi connectivity index (χ1) is 13.1. The molecule has 2 N–H and O–H groups in total. The number of rotatable bonds is 5. The van der Waals surface area contributed by atoms with Crippen molar-refractivity contribution in [2.45, 2.75) is 65.5 Å². The first-order valence-electron chi connectivity index (χ1n) is 10.4. The Bertz CT molecular complexity index is 850. The van der Waals surface area contributed by atoms with Gasteiger partial charge in [-0.15, -0.1) is 0 Å². The van der Waals surface area contributed by atoms with Gasteiger partial charge >= 0.3 is 0 Å². The zero-order valence-electron chi connectivity index (χ0n) is 18.0. The summed E-state index contributed by atoms with van der Waals surface area (Å²) in [5.74, 6) is 0.669. The highest BCUT2D eigenvalue weighted by Crippen LogP contribution is 2.41. The second-order valence-corrected chi connectivity index (χ2v) is 9.51. The Kier molecular flexibility index (Phi) is 5.87. The largest absolute Gasteiger partial charge is 0.389 e. The summed E-state index contributed by atoms with van der Waals surface area (Å²) in [6, 6.07) is 9.70. The van der Waals surface area contributed by atoms with Crippen LogP contribution >= 0.6 is 0 Å². The molecule has 0 atom stereocenters. The Morgan fingerprint density at radius 2 is 1.79 bits per heavy atom. The maximum atomic E-state index is 13.0. The lowest BCUT2D eigenvalue weighted by Gasteiger charge is -2.41. The van der Waals surface area contributed by atoms with E-state index < -0.39 is 5.60 Å². The molecule has 1 aromatic heterocycles. The molecule has 3 rings (SSSR count). The van der Waals surface area contributed by atoms with Crippen LogP contribution in [0.5, 0.6) is 0 Å². The van der Waals surface area contributed by atoms with Gasteiger partial charge in [-0.1, -0.05) is 39.0 Å². The third-order valence-electron chi connectivity index (χ3n) is 6.57. The van der Waals surface area contributed by atoms with E-state index in [1.807, 2.05) is 49.0 Å². The van der Waals surface area contributed by atoms with Gasteiger partial charge in [0.2, 0.25) is 0 Å². The molecular weight excluding hydrogens is 350 g/mol. The van der Waals surface area contributed by atoms with E-state index in [1.165, 1.54) is 0 Å². The molecule has 1 heterocycles. The van der Waals surface area contributed by atoms with Crippen LogP contribution in [0.15, 0.2) is 35.1 Å². The number of aliphatic hydroxyl groups is 1. The lowest BCUT2D eigenvalue weighted by atomic mass is 9.68. The van der Waals surface area contributed by atoms with Crippen molar-refractivity contribution in [1.82, 2.24) is 14.7 Å². The molecule has 0 saturated heterocycles. The van der Waals surface area contributed by atoms with Gasteiger partial charge in [-0.3, -0.25) is 9.48 Å². The summed E-state index contributed by atoms with van der Waals surface area (Å²) in [5, 5.41) is 14.3. The fourth-order valence-electron chi connectivity index (χ4n) is 4.45. The number of para-hydroxylation sites is 1. The Labute approximate surface area is 168 Å². The van der Waals surface area contributed by atoms with Crippen molar-refractivity contribution >= 4 is 0 Å². The van der Waals surface area contributed by atoms with Crippen molar-refractivity contribution in [2.75, 3.05) is 6.54 Å². The molecule has 1 aliphatic rings. The molecule has 1 aliphatic carbocycles. The van der Waals surface area contributed by atoms with E-state index >= 15 is 0 Å². The number of aromatic nitrogens is 2. The van der Waals surface area contributed by atoms with E-state index in [9.17, 15) is 9.90 Å². The summed E-state index contributed by atoms with van der Waals surface area (Å²) in [7, 11) is 1.91. The lowest BCUT2D eigenvalue weighted by Crippen LogP contribution is -2.45. The van der Waals surface area contributed by atoms with E-state index in [1.54, 1.807) is 4.68 Å². The number of nitrogens with one attached hydrogen (secondary N) is 1. The normalized spacial score (nSPS) is 23.1. The molecule has 2 aromatic rings. The minimum Gasteiger partial charge on any atom is -0.389 e. The van der Waals surface area contributed by atoms with Crippen LogP contribution in [-0.2, 0) is 13.6 Å². The maximum Gasteiger partial charge on any atom is 0.276 e. The van der Waals surface area contributed by atoms with Gasteiger partial charge in [-0.25, -0.2) is 4.68 Å². The number of benzene rings is 1. The second kappa shape index (κ2) is 7.88. The molecule has 5 heteroatoms. The van der Waals surface area contributed by atoms with Gasteiger partial charge < -0.3 is 10.4 Å². The first-order valence-corrected chi connectivity index (χ1v) is 10.4. The Morgan fingerprint density at radius 1 is 1.18 bits per heavy atom. The Morgan fingerprint density at radius 3 is 2.36 bits per heavy atom. The molecule has 0 bridgehead atoms. The smallest absolute Gasteiger partial charge is 0.276 e. The van der Waals surface area contributed by atoms with Gasteiger partial charge in [0, 0.05) is 25.8 Å². The number of nitrogens with zero attached hydrogens (tertiary/aromatic N) is 2. The highest BCUT2D eigenvalue weighted by Gasteiger charge is 2.37. The van der Waals surface area contributed by atoms with E-state index in [4.69, 9.17) is 0 Å².